The topological polar surface area (TPSA) is 51.0 Å². The van der Waals surface area contributed by atoms with Crippen molar-refractivity contribution >= 4 is 0 Å². The first-order valence-corrected chi connectivity index (χ1v) is 7.22. The highest BCUT2D eigenvalue weighted by atomic mass is 19.3. The van der Waals surface area contributed by atoms with Crippen molar-refractivity contribution in [3.63, 3.8) is 0 Å². The molecule has 3 rings (SSSR count). The van der Waals surface area contributed by atoms with Gasteiger partial charge in [0.25, 0.3) is 5.89 Å². The third-order valence-electron chi connectivity index (χ3n) is 3.91. The fourth-order valence-electron chi connectivity index (χ4n) is 2.63. The van der Waals surface area contributed by atoms with E-state index in [1.54, 1.807) is 18.2 Å². The molecule has 1 saturated heterocycles. The average Bonchev–Trinajstić information content (AvgIpc) is 3.00. The third kappa shape index (κ3) is 2.99. The van der Waals surface area contributed by atoms with Crippen molar-refractivity contribution in [3.05, 3.63) is 47.4 Å². The molecule has 22 heavy (non-hydrogen) atoms. The van der Waals surface area contributed by atoms with E-state index in [9.17, 15) is 13.2 Å². The van der Waals surface area contributed by atoms with Gasteiger partial charge in [0, 0.05) is 12.3 Å². The van der Waals surface area contributed by atoms with Gasteiger partial charge in [-0.05, 0) is 37.6 Å². The summed E-state index contributed by atoms with van der Waals surface area (Å²) in [6, 6.07) is 6.10. The van der Waals surface area contributed by atoms with E-state index in [4.69, 9.17) is 4.52 Å². The lowest BCUT2D eigenvalue weighted by molar-refractivity contribution is -0.0993. The van der Waals surface area contributed by atoms with Gasteiger partial charge in [0.15, 0.2) is 5.82 Å². The molecule has 1 aliphatic heterocycles. The van der Waals surface area contributed by atoms with Crippen LogP contribution in [0.5, 0.6) is 0 Å². The van der Waals surface area contributed by atoms with Crippen LogP contribution in [0.2, 0.25) is 0 Å². The van der Waals surface area contributed by atoms with Gasteiger partial charge >= 0.3 is 5.92 Å². The highest BCUT2D eigenvalue weighted by Crippen LogP contribution is 2.39. The minimum atomic E-state index is -3.15. The Morgan fingerprint density at radius 3 is 2.68 bits per heavy atom. The number of hydrogen-bond acceptors (Lipinski definition) is 4. The molecule has 118 valence electrons. The highest BCUT2D eigenvalue weighted by Gasteiger charge is 2.46. The van der Waals surface area contributed by atoms with Crippen LogP contribution in [-0.4, -0.2) is 23.2 Å². The summed E-state index contributed by atoms with van der Waals surface area (Å²) in [7, 11) is 0. The van der Waals surface area contributed by atoms with Crippen LogP contribution in [0.4, 0.5) is 13.2 Å². The van der Waals surface area contributed by atoms with Crippen LogP contribution >= 0.6 is 0 Å². The molecule has 0 aliphatic carbocycles. The van der Waals surface area contributed by atoms with Gasteiger partial charge in [-0.15, -0.1) is 0 Å². The van der Waals surface area contributed by atoms with Gasteiger partial charge < -0.3 is 9.84 Å². The Kier molecular flexibility index (Phi) is 4.15. The van der Waals surface area contributed by atoms with Gasteiger partial charge in [0.2, 0.25) is 0 Å². The van der Waals surface area contributed by atoms with Crippen LogP contribution < -0.4 is 5.32 Å². The number of hydrogen-bond donors (Lipinski definition) is 1. The Morgan fingerprint density at radius 1 is 1.23 bits per heavy atom. The smallest absolute Gasteiger partial charge is 0.327 e. The predicted octanol–water partition coefficient (Wildman–Crippen LogP) is 2.89. The maximum absolute atomic E-state index is 14.4. The van der Waals surface area contributed by atoms with E-state index in [1.165, 1.54) is 6.07 Å². The summed E-state index contributed by atoms with van der Waals surface area (Å²) >= 11 is 0. The Labute approximate surface area is 125 Å². The molecular weight excluding hydrogens is 295 g/mol. The molecule has 1 aliphatic rings. The molecule has 1 aromatic heterocycles. The van der Waals surface area contributed by atoms with Crippen LogP contribution in [0.3, 0.4) is 0 Å². The van der Waals surface area contributed by atoms with E-state index < -0.39 is 23.5 Å². The van der Waals surface area contributed by atoms with Gasteiger partial charge in [0.1, 0.15) is 5.82 Å². The average molecular weight is 311 g/mol. The van der Waals surface area contributed by atoms with Gasteiger partial charge in [-0.25, -0.2) is 4.39 Å². The minimum Gasteiger partial charge on any atom is -0.333 e. The molecule has 0 unspecified atom stereocenters. The minimum absolute atomic E-state index is 0.0263. The zero-order valence-electron chi connectivity index (χ0n) is 11.9. The summed E-state index contributed by atoms with van der Waals surface area (Å²) in [5.41, 5.74) is 0.347. The third-order valence-corrected chi connectivity index (χ3v) is 3.91. The molecule has 1 fully saturated rings. The lowest BCUT2D eigenvalue weighted by Gasteiger charge is -2.27. The summed E-state index contributed by atoms with van der Waals surface area (Å²) in [4.78, 5) is 3.78. The largest absolute Gasteiger partial charge is 0.333 e. The normalized spacial score (nSPS) is 16.9. The molecule has 0 amide bonds. The van der Waals surface area contributed by atoms with E-state index in [2.05, 4.69) is 15.5 Å². The molecular formula is C15H16F3N3O. The fraction of sp³-hybridized carbons (Fsp3) is 0.467. The van der Waals surface area contributed by atoms with Crippen LogP contribution in [0.15, 0.2) is 28.8 Å². The number of piperidine rings is 1. The van der Waals surface area contributed by atoms with Crippen molar-refractivity contribution in [1.29, 1.82) is 0 Å². The van der Waals surface area contributed by atoms with E-state index in [0.29, 0.717) is 31.5 Å². The second-order valence-electron chi connectivity index (χ2n) is 5.43. The first-order chi connectivity index (χ1) is 10.6. The van der Waals surface area contributed by atoms with Crippen LogP contribution in [0.25, 0.3) is 0 Å². The fourth-order valence-corrected chi connectivity index (χ4v) is 2.63. The van der Waals surface area contributed by atoms with Crippen molar-refractivity contribution in [3.8, 4) is 0 Å². The number of nitrogens with zero attached hydrogens (tertiary/aromatic N) is 2. The summed E-state index contributed by atoms with van der Waals surface area (Å²) < 4.78 is 47.1. The first-order valence-electron chi connectivity index (χ1n) is 7.22. The lowest BCUT2D eigenvalue weighted by Crippen LogP contribution is -2.36. The Hall–Kier alpha value is -1.89. The van der Waals surface area contributed by atoms with Gasteiger partial charge in [-0.2, -0.15) is 13.8 Å². The molecule has 0 radical (unpaired) electrons. The molecule has 2 heterocycles. The van der Waals surface area contributed by atoms with E-state index in [0.717, 1.165) is 0 Å². The molecule has 1 aromatic carbocycles. The van der Waals surface area contributed by atoms with Gasteiger partial charge in [-0.1, -0.05) is 23.4 Å². The lowest BCUT2D eigenvalue weighted by atomic mass is 9.91. The predicted molar refractivity (Wildman–Crippen MR) is 73.0 cm³/mol. The van der Waals surface area contributed by atoms with Crippen molar-refractivity contribution in [2.45, 2.75) is 25.2 Å². The quantitative estimate of drug-likeness (QED) is 0.943. The van der Waals surface area contributed by atoms with Gasteiger partial charge in [-0.3, -0.25) is 0 Å². The van der Waals surface area contributed by atoms with Gasteiger partial charge in [0.05, 0.1) is 0 Å². The number of nitrogens with one attached hydrogen (secondary N) is 1. The van der Waals surface area contributed by atoms with E-state index >= 15 is 0 Å². The summed E-state index contributed by atoms with van der Waals surface area (Å²) in [6.07, 6.45) is 0.745. The molecule has 0 spiro atoms. The molecule has 0 atom stereocenters. The molecule has 2 aromatic rings. The maximum Gasteiger partial charge on any atom is 0.327 e. The Morgan fingerprint density at radius 2 is 1.95 bits per heavy atom. The zero-order valence-corrected chi connectivity index (χ0v) is 11.9. The zero-order chi connectivity index (χ0) is 15.6. The number of alkyl halides is 2. The van der Waals surface area contributed by atoms with Crippen LogP contribution in [0.1, 0.15) is 30.1 Å². The summed E-state index contributed by atoms with van der Waals surface area (Å²) in [5.74, 6) is -4.99. The van der Waals surface area contributed by atoms with Crippen LogP contribution in [0, 0.1) is 11.7 Å². The second kappa shape index (κ2) is 6.08. The SMILES string of the molecule is Fc1ccccc1Cc1noc(C(F)(F)C2CCNCC2)n1. The maximum atomic E-state index is 14.4. The highest BCUT2D eigenvalue weighted by molar-refractivity contribution is 5.20. The molecule has 0 saturated carbocycles. The number of halogens is 3. The Bertz CT molecular complexity index is 638. The summed E-state index contributed by atoms with van der Waals surface area (Å²) in [6.45, 7) is 1.10. The van der Waals surface area contributed by atoms with Crippen molar-refractivity contribution in [2.24, 2.45) is 5.92 Å². The van der Waals surface area contributed by atoms with Crippen molar-refractivity contribution in [2.75, 3.05) is 13.1 Å². The Balaban J connectivity index is 1.76. The van der Waals surface area contributed by atoms with E-state index in [-0.39, 0.29) is 12.2 Å². The van der Waals surface area contributed by atoms with Crippen molar-refractivity contribution < 1.29 is 17.7 Å². The molecule has 7 heteroatoms. The molecule has 1 N–H and O–H groups in total. The van der Waals surface area contributed by atoms with Crippen molar-refractivity contribution in [1.82, 2.24) is 15.5 Å². The second-order valence-corrected chi connectivity index (χ2v) is 5.43. The monoisotopic (exact) mass is 311 g/mol. The number of benzene rings is 1. The number of aromatic nitrogens is 2. The number of rotatable bonds is 4. The van der Waals surface area contributed by atoms with E-state index in [1.807, 2.05) is 0 Å². The van der Waals surface area contributed by atoms with Crippen LogP contribution in [-0.2, 0) is 12.3 Å². The molecule has 0 bridgehead atoms. The molecule has 4 nitrogen and oxygen atoms in total. The summed E-state index contributed by atoms with van der Waals surface area (Å²) in [5, 5.41) is 6.61. The first kappa shape index (κ1) is 15.0. The standard InChI is InChI=1S/C15H16F3N3O/c16-12-4-2-1-3-10(12)9-13-20-14(22-21-13)15(17,18)11-5-7-19-8-6-11/h1-4,11,19H,5-9H2.